The fourth-order valence-electron chi connectivity index (χ4n) is 3.73. The minimum absolute atomic E-state index is 0.0715. The second-order valence-corrected chi connectivity index (χ2v) is 6.96. The maximum absolute atomic E-state index is 12.4. The van der Waals surface area contributed by atoms with Gasteiger partial charge in [0.25, 0.3) is 0 Å². The van der Waals surface area contributed by atoms with Gasteiger partial charge in [-0.1, -0.05) is 24.3 Å². The van der Waals surface area contributed by atoms with Crippen LogP contribution in [0.2, 0.25) is 0 Å². The van der Waals surface area contributed by atoms with Crippen LogP contribution in [0.15, 0.2) is 42.5 Å². The van der Waals surface area contributed by atoms with Gasteiger partial charge in [0.2, 0.25) is 5.91 Å². The number of hydrogen-bond donors (Lipinski definition) is 1. The van der Waals surface area contributed by atoms with Gasteiger partial charge in [-0.15, -0.1) is 0 Å². The second kappa shape index (κ2) is 7.28. The molecule has 5 nitrogen and oxygen atoms in total. The molecule has 2 heterocycles. The predicted octanol–water partition coefficient (Wildman–Crippen LogP) is 2.43. The highest BCUT2D eigenvalue weighted by atomic mass is 16.5. The van der Waals surface area contributed by atoms with E-state index in [1.165, 1.54) is 16.8 Å². The lowest BCUT2D eigenvalue weighted by atomic mass is 9.96. The van der Waals surface area contributed by atoms with E-state index in [2.05, 4.69) is 28.4 Å². The molecule has 0 saturated carbocycles. The largest absolute Gasteiger partial charge is 0.497 e. The molecule has 1 amide bonds. The first-order valence-electron chi connectivity index (χ1n) is 9.12. The molecule has 0 fully saturated rings. The molecular formula is C21H24N2O3. The Morgan fingerprint density at radius 3 is 3.04 bits per heavy atom. The Bertz CT molecular complexity index is 806. The summed E-state index contributed by atoms with van der Waals surface area (Å²) >= 11 is 0. The summed E-state index contributed by atoms with van der Waals surface area (Å²) in [5, 5.41) is 3.08. The van der Waals surface area contributed by atoms with Gasteiger partial charge in [-0.3, -0.25) is 4.79 Å². The third-order valence-electron chi connectivity index (χ3n) is 5.16. The monoisotopic (exact) mass is 352 g/mol. The quantitative estimate of drug-likeness (QED) is 0.898. The van der Waals surface area contributed by atoms with Gasteiger partial charge < -0.3 is 19.7 Å². The molecule has 1 atom stereocenters. The van der Waals surface area contributed by atoms with Crippen molar-refractivity contribution in [2.24, 2.45) is 5.92 Å². The fourth-order valence-corrected chi connectivity index (χ4v) is 3.73. The van der Waals surface area contributed by atoms with E-state index in [0.29, 0.717) is 25.6 Å². The maximum atomic E-state index is 12.4. The second-order valence-electron chi connectivity index (χ2n) is 6.96. The third-order valence-corrected chi connectivity index (χ3v) is 5.16. The van der Waals surface area contributed by atoms with Crippen molar-refractivity contribution < 1.29 is 14.3 Å². The molecular weight excluding hydrogens is 328 g/mol. The van der Waals surface area contributed by atoms with Gasteiger partial charge >= 0.3 is 0 Å². The van der Waals surface area contributed by atoms with Crippen LogP contribution in [-0.2, 0) is 17.6 Å². The lowest BCUT2D eigenvalue weighted by Crippen LogP contribution is -2.40. The van der Waals surface area contributed by atoms with E-state index < -0.39 is 0 Å². The van der Waals surface area contributed by atoms with Crippen molar-refractivity contribution in [3.05, 3.63) is 53.6 Å². The fraction of sp³-hybridized carbons (Fsp3) is 0.381. The molecule has 2 aromatic rings. The smallest absolute Gasteiger partial charge is 0.239 e. The third kappa shape index (κ3) is 3.47. The Labute approximate surface area is 153 Å². The van der Waals surface area contributed by atoms with E-state index in [0.717, 1.165) is 30.9 Å². The number of fused-ring (bicyclic) bond motifs is 2. The SMILES string of the molecule is COc1ccc2c(c1)OC[C@H](CNC(=O)CN1CCc3ccccc31)C2. The van der Waals surface area contributed by atoms with E-state index in [9.17, 15) is 4.79 Å². The van der Waals surface area contributed by atoms with Gasteiger partial charge in [-0.05, 0) is 36.1 Å². The van der Waals surface area contributed by atoms with Gasteiger partial charge in [0.15, 0.2) is 0 Å². The summed E-state index contributed by atoms with van der Waals surface area (Å²) in [6, 6.07) is 14.2. The lowest BCUT2D eigenvalue weighted by molar-refractivity contribution is -0.120. The molecule has 4 rings (SSSR count). The number of nitrogens with zero attached hydrogens (tertiary/aromatic N) is 1. The first-order valence-corrected chi connectivity index (χ1v) is 9.12. The van der Waals surface area contributed by atoms with Crippen molar-refractivity contribution >= 4 is 11.6 Å². The molecule has 0 spiro atoms. The van der Waals surface area contributed by atoms with Gasteiger partial charge in [-0.2, -0.15) is 0 Å². The number of rotatable bonds is 5. The summed E-state index contributed by atoms with van der Waals surface area (Å²) in [5.41, 5.74) is 3.68. The number of hydrogen-bond acceptors (Lipinski definition) is 4. The maximum Gasteiger partial charge on any atom is 0.239 e. The van der Waals surface area contributed by atoms with Gasteiger partial charge in [0.1, 0.15) is 11.5 Å². The number of anilines is 1. The van der Waals surface area contributed by atoms with E-state index in [1.807, 2.05) is 24.3 Å². The molecule has 0 unspecified atom stereocenters. The van der Waals surface area contributed by atoms with E-state index in [4.69, 9.17) is 9.47 Å². The Morgan fingerprint density at radius 2 is 2.15 bits per heavy atom. The van der Waals surface area contributed by atoms with Crippen molar-refractivity contribution in [3.8, 4) is 11.5 Å². The number of nitrogens with one attached hydrogen (secondary N) is 1. The van der Waals surface area contributed by atoms with Crippen LogP contribution in [0.1, 0.15) is 11.1 Å². The summed E-state index contributed by atoms with van der Waals surface area (Å²) in [6.45, 7) is 2.58. The van der Waals surface area contributed by atoms with Gasteiger partial charge in [-0.25, -0.2) is 0 Å². The number of carbonyl (C=O) groups is 1. The van der Waals surface area contributed by atoms with Crippen LogP contribution in [0.3, 0.4) is 0 Å². The summed E-state index contributed by atoms with van der Waals surface area (Å²) < 4.78 is 11.1. The molecule has 0 bridgehead atoms. The molecule has 26 heavy (non-hydrogen) atoms. The topological polar surface area (TPSA) is 50.8 Å². The van der Waals surface area contributed by atoms with Crippen molar-refractivity contribution in [1.82, 2.24) is 5.32 Å². The van der Waals surface area contributed by atoms with E-state index in [-0.39, 0.29) is 5.91 Å². The van der Waals surface area contributed by atoms with Crippen LogP contribution in [-0.4, -0.2) is 39.3 Å². The van der Waals surface area contributed by atoms with Crippen LogP contribution in [0.5, 0.6) is 11.5 Å². The Balaban J connectivity index is 1.29. The zero-order valence-corrected chi connectivity index (χ0v) is 15.0. The summed E-state index contributed by atoms with van der Waals surface area (Å²) in [5.74, 6) is 2.06. The lowest BCUT2D eigenvalue weighted by Gasteiger charge is -2.26. The number of methoxy groups -OCH3 is 1. The molecule has 0 radical (unpaired) electrons. The van der Waals surface area contributed by atoms with Crippen molar-refractivity contribution in [2.45, 2.75) is 12.8 Å². The molecule has 136 valence electrons. The number of para-hydroxylation sites is 1. The molecule has 0 aromatic heterocycles. The Morgan fingerprint density at radius 1 is 1.27 bits per heavy atom. The summed E-state index contributed by atoms with van der Waals surface area (Å²) in [4.78, 5) is 14.5. The summed E-state index contributed by atoms with van der Waals surface area (Å²) in [6.07, 6.45) is 1.92. The number of amides is 1. The van der Waals surface area contributed by atoms with Crippen molar-refractivity contribution in [3.63, 3.8) is 0 Å². The highest BCUT2D eigenvalue weighted by Crippen LogP contribution is 2.31. The summed E-state index contributed by atoms with van der Waals surface area (Å²) in [7, 11) is 1.65. The van der Waals surface area contributed by atoms with Gasteiger partial charge in [0, 0.05) is 30.8 Å². The number of benzene rings is 2. The molecule has 0 aliphatic carbocycles. The van der Waals surface area contributed by atoms with Crippen LogP contribution < -0.4 is 19.7 Å². The molecule has 2 aliphatic heterocycles. The van der Waals surface area contributed by atoms with Gasteiger partial charge in [0.05, 0.1) is 20.3 Å². The van der Waals surface area contributed by atoms with E-state index >= 15 is 0 Å². The molecule has 1 N–H and O–H groups in total. The molecule has 2 aromatic carbocycles. The normalized spacial score (nSPS) is 17.9. The standard InChI is InChI=1S/C21H24N2O3/c1-25-18-7-6-17-10-15(14-26-20(17)11-18)12-22-21(24)13-23-9-8-16-4-2-3-5-19(16)23/h2-7,11,15H,8-10,12-14H2,1H3,(H,22,24)/t15-/m0/s1. The zero-order chi connectivity index (χ0) is 17.9. The molecule has 0 saturated heterocycles. The Hall–Kier alpha value is -2.69. The highest BCUT2D eigenvalue weighted by Gasteiger charge is 2.23. The first-order chi connectivity index (χ1) is 12.7. The number of carbonyl (C=O) groups excluding carboxylic acids is 1. The van der Waals surface area contributed by atoms with Crippen LogP contribution >= 0.6 is 0 Å². The Kier molecular flexibility index (Phi) is 4.69. The first kappa shape index (κ1) is 16.8. The highest BCUT2D eigenvalue weighted by molar-refractivity contribution is 5.82. The van der Waals surface area contributed by atoms with Crippen molar-refractivity contribution in [2.75, 3.05) is 38.3 Å². The van der Waals surface area contributed by atoms with Crippen LogP contribution in [0.25, 0.3) is 0 Å². The minimum Gasteiger partial charge on any atom is -0.497 e. The van der Waals surface area contributed by atoms with Crippen LogP contribution in [0.4, 0.5) is 5.69 Å². The van der Waals surface area contributed by atoms with Crippen LogP contribution in [0, 0.1) is 5.92 Å². The molecule has 2 aliphatic rings. The number of ether oxygens (including phenoxy) is 2. The average Bonchev–Trinajstić information content (AvgIpc) is 3.08. The predicted molar refractivity (Wildman–Crippen MR) is 101 cm³/mol. The average molecular weight is 352 g/mol. The van der Waals surface area contributed by atoms with E-state index in [1.54, 1.807) is 7.11 Å². The van der Waals surface area contributed by atoms with Crippen molar-refractivity contribution in [1.29, 1.82) is 0 Å². The zero-order valence-electron chi connectivity index (χ0n) is 15.0. The minimum atomic E-state index is 0.0715. The molecule has 5 heteroatoms.